The predicted molar refractivity (Wildman–Crippen MR) is 64.4 cm³/mol. The molecule has 0 spiro atoms. The third-order valence-electron chi connectivity index (χ3n) is 3.97. The Morgan fingerprint density at radius 1 is 1.38 bits per heavy atom. The first-order chi connectivity index (χ1) is 7.84. The normalized spacial score (nSPS) is 30.2. The van der Waals surface area contributed by atoms with Crippen LogP contribution in [0.1, 0.15) is 18.0 Å². The molecule has 0 radical (unpaired) electrons. The number of rotatable bonds is 1. The average Bonchev–Trinajstić information content (AvgIpc) is 2.97. The van der Waals surface area contributed by atoms with Crippen LogP contribution >= 0.6 is 0 Å². The van der Waals surface area contributed by atoms with Gasteiger partial charge in [0.25, 0.3) is 0 Å². The van der Waals surface area contributed by atoms with E-state index in [0.717, 1.165) is 6.42 Å². The number of para-hydroxylation sites is 1. The topological polar surface area (TPSA) is 14.2 Å². The number of aromatic nitrogens is 1. The molecule has 1 aromatic heterocycles. The van der Waals surface area contributed by atoms with Crippen molar-refractivity contribution in [1.29, 1.82) is 0 Å². The zero-order chi connectivity index (χ0) is 10.8. The third-order valence-corrected chi connectivity index (χ3v) is 3.97. The fourth-order valence-electron chi connectivity index (χ4n) is 2.93. The van der Waals surface area contributed by atoms with Gasteiger partial charge in [-0.05, 0) is 24.6 Å². The molecule has 0 saturated heterocycles. The van der Waals surface area contributed by atoms with E-state index in [4.69, 9.17) is 4.74 Å². The molecule has 0 amide bonds. The number of fused-ring (bicyclic) bond motifs is 5. The Morgan fingerprint density at radius 2 is 2.25 bits per heavy atom. The van der Waals surface area contributed by atoms with Gasteiger partial charge in [-0.15, -0.1) is 0 Å². The number of nitrogens with zero attached hydrogens (tertiary/aromatic N) is 1. The molecule has 1 aromatic carbocycles. The van der Waals surface area contributed by atoms with Crippen LogP contribution in [-0.4, -0.2) is 17.3 Å². The Hall–Kier alpha value is -1.54. The van der Waals surface area contributed by atoms with Gasteiger partial charge in [0.2, 0.25) is 0 Å². The van der Waals surface area contributed by atoms with Crippen molar-refractivity contribution in [3.8, 4) is 0 Å². The van der Waals surface area contributed by atoms with Crippen molar-refractivity contribution >= 4 is 17.1 Å². The van der Waals surface area contributed by atoms with Gasteiger partial charge in [-0.3, -0.25) is 0 Å². The van der Waals surface area contributed by atoms with E-state index in [1.165, 1.54) is 16.6 Å². The highest BCUT2D eigenvalue weighted by Crippen LogP contribution is 2.57. The van der Waals surface area contributed by atoms with E-state index in [0.29, 0.717) is 5.92 Å². The molecule has 0 unspecified atom stereocenters. The Labute approximate surface area is 94.1 Å². The summed E-state index contributed by atoms with van der Waals surface area (Å²) in [7, 11) is 1.81. The van der Waals surface area contributed by atoms with Gasteiger partial charge < -0.3 is 9.30 Å². The highest BCUT2D eigenvalue weighted by molar-refractivity contribution is 5.84. The molecule has 1 aliphatic carbocycles. The van der Waals surface area contributed by atoms with Crippen molar-refractivity contribution in [3.05, 3.63) is 42.1 Å². The Bertz CT molecular complexity index is 610. The summed E-state index contributed by atoms with van der Waals surface area (Å²) in [5.41, 5.74) is 2.69. The quantitative estimate of drug-likeness (QED) is 0.707. The smallest absolute Gasteiger partial charge is 0.0967 e. The van der Waals surface area contributed by atoms with E-state index < -0.39 is 0 Å². The lowest BCUT2D eigenvalue weighted by molar-refractivity contribution is 0.114. The Balaban J connectivity index is 2.00. The molecule has 0 bridgehead atoms. The molecule has 2 aliphatic rings. The monoisotopic (exact) mass is 211 g/mol. The average molecular weight is 211 g/mol. The summed E-state index contributed by atoms with van der Waals surface area (Å²) in [5.74, 6) is 0.551. The third kappa shape index (κ3) is 0.866. The maximum absolute atomic E-state index is 5.61. The predicted octanol–water partition coefficient (Wildman–Crippen LogP) is 3.00. The van der Waals surface area contributed by atoms with Gasteiger partial charge in [0.1, 0.15) is 0 Å². The molecule has 16 heavy (non-hydrogen) atoms. The van der Waals surface area contributed by atoms with Crippen molar-refractivity contribution in [2.24, 2.45) is 0 Å². The number of hydrogen-bond acceptors (Lipinski definition) is 1. The van der Waals surface area contributed by atoms with Crippen LogP contribution in [0, 0.1) is 0 Å². The van der Waals surface area contributed by atoms with Crippen LogP contribution in [0.3, 0.4) is 0 Å². The van der Waals surface area contributed by atoms with E-state index in [1.54, 1.807) is 0 Å². The maximum atomic E-state index is 5.61. The molecule has 2 atom stereocenters. The molecular formula is C14H13NO. The van der Waals surface area contributed by atoms with Crippen LogP contribution < -0.4 is 0 Å². The van der Waals surface area contributed by atoms with Gasteiger partial charge in [0.05, 0.1) is 11.1 Å². The first kappa shape index (κ1) is 8.59. The molecule has 1 saturated carbocycles. The lowest BCUT2D eigenvalue weighted by atomic mass is 10.1. The number of methoxy groups -OCH3 is 1. The molecule has 2 heterocycles. The van der Waals surface area contributed by atoms with Crippen molar-refractivity contribution in [2.45, 2.75) is 17.9 Å². The maximum Gasteiger partial charge on any atom is 0.0967 e. The van der Waals surface area contributed by atoms with Crippen LogP contribution in [0.15, 0.2) is 36.4 Å². The van der Waals surface area contributed by atoms with E-state index >= 15 is 0 Å². The number of hydrogen-bond donors (Lipinski definition) is 0. The second kappa shape index (κ2) is 2.58. The highest BCUT2D eigenvalue weighted by Gasteiger charge is 2.56. The molecule has 1 fully saturated rings. The molecule has 4 rings (SSSR count). The molecule has 0 N–H and O–H groups in total. The largest absolute Gasteiger partial charge is 0.373 e. The summed E-state index contributed by atoms with van der Waals surface area (Å²) in [6.07, 6.45) is 5.48. The number of benzene rings is 1. The fourth-order valence-corrected chi connectivity index (χ4v) is 2.93. The first-order valence-corrected chi connectivity index (χ1v) is 5.68. The summed E-state index contributed by atoms with van der Waals surface area (Å²) in [6, 6.07) is 10.8. The van der Waals surface area contributed by atoms with Crippen molar-refractivity contribution in [2.75, 3.05) is 7.11 Å². The lowest BCUT2D eigenvalue weighted by Gasteiger charge is -2.17. The van der Waals surface area contributed by atoms with Gasteiger partial charge in [0.15, 0.2) is 0 Å². The SMILES string of the molecule is CO[C@]12C=Cn3c(cc4ccccc43)[C@H]1C2. The molecule has 1 aliphatic heterocycles. The summed E-state index contributed by atoms with van der Waals surface area (Å²) < 4.78 is 7.90. The van der Waals surface area contributed by atoms with Crippen LogP contribution in [0.4, 0.5) is 0 Å². The molecule has 2 aromatic rings. The molecule has 2 heteroatoms. The van der Waals surface area contributed by atoms with Gasteiger partial charge in [-0.2, -0.15) is 0 Å². The lowest BCUT2D eigenvalue weighted by Crippen LogP contribution is -2.15. The highest BCUT2D eigenvalue weighted by atomic mass is 16.5. The van der Waals surface area contributed by atoms with Gasteiger partial charge in [-0.1, -0.05) is 18.2 Å². The molecular weight excluding hydrogens is 198 g/mol. The summed E-state index contributed by atoms with van der Waals surface area (Å²) >= 11 is 0. The van der Waals surface area contributed by atoms with Gasteiger partial charge >= 0.3 is 0 Å². The molecule has 2 nitrogen and oxygen atoms in total. The van der Waals surface area contributed by atoms with Crippen molar-refractivity contribution in [3.63, 3.8) is 0 Å². The van der Waals surface area contributed by atoms with Crippen LogP contribution in [0.2, 0.25) is 0 Å². The Morgan fingerprint density at radius 3 is 3.12 bits per heavy atom. The van der Waals surface area contributed by atoms with Crippen molar-refractivity contribution in [1.82, 2.24) is 4.57 Å². The van der Waals surface area contributed by atoms with Crippen LogP contribution in [0.5, 0.6) is 0 Å². The zero-order valence-corrected chi connectivity index (χ0v) is 9.18. The van der Waals surface area contributed by atoms with Crippen LogP contribution in [0.25, 0.3) is 17.1 Å². The summed E-state index contributed by atoms with van der Waals surface area (Å²) in [4.78, 5) is 0. The van der Waals surface area contributed by atoms with E-state index in [-0.39, 0.29) is 5.60 Å². The van der Waals surface area contributed by atoms with Gasteiger partial charge in [-0.25, -0.2) is 0 Å². The second-order valence-electron chi connectivity index (χ2n) is 4.73. The standard InChI is InChI=1S/C14H13NO/c1-16-14-6-7-15-12-5-3-2-4-10(12)8-13(15)11(14)9-14/h2-8,11H,9H2,1H3/t11-,14+/m1/s1. The van der Waals surface area contributed by atoms with Gasteiger partial charge in [0, 0.05) is 30.3 Å². The minimum absolute atomic E-state index is 0.00434. The zero-order valence-electron chi connectivity index (χ0n) is 9.18. The minimum atomic E-state index is 0.00434. The second-order valence-corrected chi connectivity index (χ2v) is 4.73. The summed E-state index contributed by atoms with van der Waals surface area (Å²) in [5, 5.41) is 1.32. The van der Waals surface area contributed by atoms with E-state index in [9.17, 15) is 0 Å². The number of ether oxygens (including phenoxy) is 1. The fraction of sp³-hybridized carbons (Fsp3) is 0.286. The van der Waals surface area contributed by atoms with Crippen LogP contribution in [-0.2, 0) is 4.74 Å². The van der Waals surface area contributed by atoms with E-state index in [2.05, 4.69) is 47.2 Å². The molecule has 80 valence electrons. The van der Waals surface area contributed by atoms with Crippen molar-refractivity contribution < 1.29 is 4.74 Å². The summed E-state index contributed by atoms with van der Waals surface area (Å²) in [6.45, 7) is 0. The first-order valence-electron chi connectivity index (χ1n) is 5.68. The van der Waals surface area contributed by atoms with E-state index in [1.807, 2.05) is 7.11 Å². The Kier molecular flexibility index (Phi) is 1.39. The minimum Gasteiger partial charge on any atom is -0.373 e.